The van der Waals surface area contributed by atoms with E-state index < -0.39 is 5.97 Å². The number of halogens is 1. The molecule has 1 rings (SSSR count). The summed E-state index contributed by atoms with van der Waals surface area (Å²) in [4.78, 5) is 14.7. The molecular formula is C11H15ClN2O3. The van der Waals surface area contributed by atoms with Crippen LogP contribution in [0.2, 0.25) is 5.02 Å². The number of pyridine rings is 1. The highest BCUT2D eigenvalue weighted by Gasteiger charge is 2.17. The van der Waals surface area contributed by atoms with Gasteiger partial charge in [0, 0.05) is 18.6 Å². The molecule has 0 aliphatic heterocycles. The molecule has 0 bridgehead atoms. The van der Waals surface area contributed by atoms with Crippen LogP contribution in [0.1, 0.15) is 24.3 Å². The number of anilines is 1. The molecule has 0 aromatic carbocycles. The fraction of sp³-hybridized carbons (Fsp3) is 0.455. The van der Waals surface area contributed by atoms with Crippen LogP contribution in [0.5, 0.6) is 0 Å². The van der Waals surface area contributed by atoms with Crippen molar-refractivity contribution in [2.45, 2.75) is 13.8 Å². The predicted octanol–water partition coefficient (Wildman–Crippen LogP) is 1.86. The summed E-state index contributed by atoms with van der Waals surface area (Å²) in [6.07, 6.45) is 0. The van der Waals surface area contributed by atoms with Gasteiger partial charge in [-0.15, -0.1) is 0 Å². The second-order valence-electron chi connectivity index (χ2n) is 4.51. The molecule has 0 unspecified atom stereocenters. The molecule has 5 nitrogen and oxygen atoms in total. The number of aliphatic hydroxyl groups excluding tert-OH is 1. The summed E-state index contributed by atoms with van der Waals surface area (Å²) in [5.41, 5.74) is -0.483. The first kappa shape index (κ1) is 13.7. The molecular weight excluding hydrogens is 244 g/mol. The number of aromatic nitrogens is 1. The number of nitrogens with zero attached hydrogens (tertiary/aromatic N) is 1. The largest absolute Gasteiger partial charge is 0.476 e. The molecule has 6 heteroatoms. The molecule has 0 saturated heterocycles. The molecule has 1 aromatic rings. The van der Waals surface area contributed by atoms with Crippen LogP contribution in [0, 0.1) is 5.41 Å². The molecule has 94 valence electrons. The lowest BCUT2D eigenvalue weighted by atomic mass is 9.95. The monoisotopic (exact) mass is 258 g/mol. The van der Waals surface area contributed by atoms with E-state index >= 15 is 0 Å². The van der Waals surface area contributed by atoms with Gasteiger partial charge in [0.05, 0.1) is 5.02 Å². The second kappa shape index (κ2) is 5.33. The topological polar surface area (TPSA) is 82.5 Å². The lowest BCUT2D eigenvalue weighted by Gasteiger charge is -2.22. The van der Waals surface area contributed by atoms with E-state index in [1.54, 1.807) is 6.07 Å². The smallest absolute Gasteiger partial charge is 0.356 e. The van der Waals surface area contributed by atoms with Gasteiger partial charge in [0.2, 0.25) is 0 Å². The quantitative estimate of drug-likeness (QED) is 0.751. The summed E-state index contributed by atoms with van der Waals surface area (Å²) >= 11 is 5.70. The Hall–Kier alpha value is -1.33. The number of hydrogen-bond acceptors (Lipinski definition) is 4. The van der Waals surface area contributed by atoms with E-state index in [1.165, 1.54) is 6.07 Å². The third-order valence-corrected chi connectivity index (χ3v) is 2.53. The van der Waals surface area contributed by atoms with Crippen molar-refractivity contribution in [1.29, 1.82) is 0 Å². The van der Waals surface area contributed by atoms with E-state index in [9.17, 15) is 4.79 Å². The van der Waals surface area contributed by atoms with Gasteiger partial charge in [-0.2, -0.15) is 0 Å². The minimum absolute atomic E-state index is 0.0272. The van der Waals surface area contributed by atoms with Crippen molar-refractivity contribution in [3.05, 3.63) is 22.8 Å². The Morgan fingerprint density at radius 1 is 1.53 bits per heavy atom. The first-order chi connectivity index (χ1) is 7.85. The summed E-state index contributed by atoms with van der Waals surface area (Å²) in [7, 11) is 0. The van der Waals surface area contributed by atoms with Crippen molar-refractivity contribution in [2.75, 3.05) is 18.5 Å². The Bertz CT molecular complexity index is 421. The van der Waals surface area contributed by atoms with Crippen molar-refractivity contribution in [2.24, 2.45) is 5.41 Å². The maximum absolute atomic E-state index is 10.8. The van der Waals surface area contributed by atoms with Crippen LogP contribution >= 0.6 is 11.6 Å². The van der Waals surface area contributed by atoms with Crippen LogP contribution in [-0.4, -0.2) is 34.3 Å². The molecule has 0 radical (unpaired) electrons. The summed E-state index contributed by atoms with van der Waals surface area (Å²) in [5, 5.41) is 21.0. The van der Waals surface area contributed by atoms with Crippen LogP contribution in [0.15, 0.2) is 12.1 Å². The molecule has 3 N–H and O–H groups in total. The number of aromatic carboxylic acids is 1. The fourth-order valence-corrected chi connectivity index (χ4v) is 1.26. The highest BCUT2D eigenvalue weighted by molar-refractivity contribution is 6.33. The number of nitrogens with one attached hydrogen (secondary N) is 1. The summed E-state index contributed by atoms with van der Waals surface area (Å²) in [6, 6.07) is 3.08. The maximum atomic E-state index is 10.8. The zero-order valence-corrected chi connectivity index (χ0v) is 10.5. The van der Waals surface area contributed by atoms with Crippen molar-refractivity contribution < 1.29 is 15.0 Å². The minimum atomic E-state index is -1.17. The Kier molecular flexibility index (Phi) is 4.31. The first-order valence-electron chi connectivity index (χ1n) is 5.10. The van der Waals surface area contributed by atoms with Gasteiger partial charge in [-0.05, 0) is 12.1 Å². The van der Waals surface area contributed by atoms with E-state index in [1.807, 2.05) is 13.8 Å². The molecule has 1 aromatic heterocycles. The van der Waals surface area contributed by atoms with Gasteiger partial charge in [0.15, 0.2) is 5.69 Å². The van der Waals surface area contributed by atoms with E-state index in [2.05, 4.69) is 10.3 Å². The highest BCUT2D eigenvalue weighted by atomic mass is 35.5. The molecule has 1 heterocycles. The third kappa shape index (κ3) is 3.87. The molecule has 0 spiro atoms. The number of carboxylic acid groups (broad SMARTS) is 1. The Labute approximate surface area is 104 Å². The van der Waals surface area contributed by atoms with E-state index in [-0.39, 0.29) is 22.7 Å². The molecule has 17 heavy (non-hydrogen) atoms. The lowest BCUT2D eigenvalue weighted by Crippen LogP contribution is -2.27. The molecule has 0 amide bonds. The Morgan fingerprint density at radius 2 is 2.18 bits per heavy atom. The molecule has 0 saturated carbocycles. The van der Waals surface area contributed by atoms with Gasteiger partial charge < -0.3 is 15.5 Å². The summed E-state index contributed by atoms with van der Waals surface area (Å²) < 4.78 is 0. The first-order valence-corrected chi connectivity index (χ1v) is 5.48. The average Bonchev–Trinajstić information content (AvgIpc) is 2.27. The van der Waals surface area contributed by atoms with Gasteiger partial charge in [-0.25, -0.2) is 9.78 Å². The van der Waals surface area contributed by atoms with Crippen LogP contribution in [0.4, 0.5) is 5.82 Å². The normalized spacial score (nSPS) is 11.3. The van der Waals surface area contributed by atoms with E-state index in [4.69, 9.17) is 21.8 Å². The van der Waals surface area contributed by atoms with Gasteiger partial charge in [-0.1, -0.05) is 25.4 Å². The van der Waals surface area contributed by atoms with Crippen LogP contribution in [-0.2, 0) is 0 Å². The molecule has 0 aliphatic rings. The van der Waals surface area contributed by atoms with Crippen LogP contribution in [0.25, 0.3) is 0 Å². The zero-order valence-electron chi connectivity index (χ0n) is 9.70. The average molecular weight is 259 g/mol. The zero-order chi connectivity index (χ0) is 13.1. The van der Waals surface area contributed by atoms with Gasteiger partial charge in [0.25, 0.3) is 0 Å². The number of aliphatic hydroxyl groups is 1. The van der Waals surface area contributed by atoms with Crippen molar-refractivity contribution >= 4 is 23.4 Å². The summed E-state index contributed by atoms with van der Waals surface area (Å²) in [5.74, 6) is -0.742. The standard InChI is InChI=1S/C11H15ClN2O3/c1-11(2,6-15)5-13-8-4-3-7(12)9(14-8)10(16)17/h3-4,15H,5-6H2,1-2H3,(H,13,14)(H,16,17). The van der Waals surface area contributed by atoms with Crippen molar-refractivity contribution in [1.82, 2.24) is 4.98 Å². The number of rotatable bonds is 5. The van der Waals surface area contributed by atoms with Crippen LogP contribution in [0.3, 0.4) is 0 Å². The van der Waals surface area contributed by atoms with Crippen LogP contribution < -0.4 is 5.32 Å². The van der Waals surface area contributed by atoms with Crippen molar-refractivity contribution in [3.63, 3.8) is 0 Å². The second-order valence-corrected chi connectivity index (χ2v) is 4.92. The summed E-state index contributed by atoms with van der Waals surface area (Å²) in [6.45, 7) is 4.28. The third-order valence-electron chi connectivity index (χ3n) is 2.22. The fourth-order valence-electron chi connectivity index (χ4n) is 1.08. The maximum Gasteiger partial charge on any atom is 0.356 e. The number of carbonyl (C=O) groups is 1. The van der Waals surface area contributed by atoms with Gasteiger partial charge >= 0.3 is 5.97 Å². The van der Waals surface area contributed by atoms with E-state index in [0.29, 0.717) is 12.4 Å². The SMILES string of the molecule is CC(C)(CO)CNc1ccc(Cl)c(C(=O)O)n1. The highest BCUT2D eigenvalue weighted by Crippen LogP contribution is 2.19. The molecule has 0 atom stereocenters. The number of carboxylic acids is 1. The minimum Gasteiger partial charge on any atom is -0.476 e. The number of hydrogen-bond donors (Lipinski definition) is 3. The van der Waals surface area contributed by atoms with Gasteiger partial charge in [0.1, 0.15) is 5.82 Å². The van der Waals surface area contributed by atoms with Gasteiger partial charge in [-0.3, -0.25) is 0 Å². The van der Waals surface area contributed by atoms with E-state index in [0.717, 1.165) is 0 Å². The predicted molar refractivity (Wildman–Crippen MR) is 65.6 cm³/mol. The Balaban J connectivity index is 2.80. The molecule has 0 fully saturated rings. The lowest BCUT2D eigenvalue weighted by molar-refractivity contribution is 0.0691. The Morgan fingerprint density at radius 3 is 2.71 bits per heavy atom. The van der Waals surface area contributed by atoms with Crippen molar-refractivity contribution in [3.8, 4) is 0 Å². The molecule has 0 aliphatic carbocycles.